The number of aliphatic hydroxyl groups excluding tert-OH is 1. The average molecular weight is 291 g/mol. The molecule has 0 spiro atoms. The van der Waals surface area contributed by atoms with Gasteiger partial charge in [0.25, 0.3) is 5.91 Å². The van der Waals surface area contributed by atoms with Crippen molar-refractivity contribution in [2.24, 2.45) is 0 Å². The van der Waals surface area contributed by atoms with Gasteiger partial charge in [0.15, 0.2) is 0 Å². The zero-order valence-electron chi connectivity index (χ0n) is 12.5. The Kier molecular flexibility index (Phi) is 6.11. The third-order valence-corrected chi connectivity index (χ3v) is 3.15. The van der Waals surface area contributed by atoms with Gasteiger partial charge >= 0.3 is 5.97 Å². The number of carboxylic acid groups (broad SMARTS) is 1. The number of aliphatic hydroxyl groups is 1. The number of benzene rings is 1. The number of hydrogen-bond acceptors (Lipinski definition) is 3. The highest BCUT2D eigenvalue weighted by Gasteiger charge is 2.13. The predicted octanol–water partition coefficient (Wildman–Crippen LogP) is 1.94. The van der Waals surface area contributed by atoms with Gasteiger partial charge in [0.05, 0.1) is 6.10 Å². The highest BCUT2D eigenvalue weighted by molar-refractivity contribution is 5.94. The molecule has 0 saturated carbocycles. The molecule has 0 saturated heterocycles. The fraction of sp³-hybridized carbons (Fsp3) is 0.375. The molecule has 2 N–H and O–H groups in total. The molecule has 0 bridgehead atoms. The van der Waals surface area contributed by atoms with E-state index in [-0.39, 0.29) is 5.91 Å². The van der Waals surface area contributed by atoms with Crippen LogP contribution >= 0.6 is 0 Å². The molecule has 1 unspecified atom stereocenters. The van der Waals surface area contributed by atoms with Crippen molar-refractivity contribution < 1.29 is 19.8 Å². The van der Waals surface area contributed by atoms with E-state index in [1.807, 2.05) is 6.92 Å². The molecule has 0 aliphatic heterocycles. The Morgan fingerprint density at radius 1 is 1.38 bits per heavy atom. The van der Waals surface area contributed by atoms with Gasteiger partial charge in [-0.25, -0.2) is 4.79 Å². The van der Waals surface area contributed by atoms with Crippen molar-refractivity contribution >= 4 is 18.0 Å². The second kappa shape index (κ2) is 7.59. The van der Waals surface area contributed by atoms with Crippen LogP contribution in [0.25, 0.3) is 6.08 Å². The van der Waals surface area contributed by atoms with Crippen molar-refractivity contribution in [3.63, 3.8) is 0 Å². The van der Waals surface area contributed by atoms with Crippen LogP contribution in [0.1, 0.15) is 34.8 Å². The van der Waals surface area contributed by atoms with E-state index in [1.54, 1.807) is 37.1 Å². The van der Waals surface area contributed by atoms with E-state index in [9.17, 15) is 14.7 Å². The Morgan fingerprint density at radius 2 is 2.05 bits per heavy atom. The fourth-order valence-corrected chi connectivity index (χ4v) is 1.86. The Morgan fingerprint density at radius 3 is 2.57 bits per heavy atom. The van der Waals surface area contributed by atoms with Crippen molar-refractivity contribution in [2.45, 2.75) is 26.4 Å². The first-order chi connectivity index (χ1) is 9.81. The number of carboxylic acids is 1. The summed E-state index contributed by atoms with van der Waals surface area (Å²) in [5.41, 5.74) is 2.15. The Bertz CT molecular complexity index is 549. The van der Waals surface area contributed by atoms with Crippen molar-refractivity contribution in [1.29, 1.82) is 0 Å². The molecule has 1 aromatic rings. The van der Waals surface area contributed by atoms with Gasteiger partial charge < -0.3 is 15.1 Å². The van der Waals surface area contributed by atoms with E-state index in [2.05, 4.69) is 0 Å². The molecule has 1 aromatic carbocycles. The van der Waals surface area contributed by atoms with Gasteiger partial charge in [-0.1, -0.05) is 6.07 Å². The number of amides is 1. The molecule has 0 aliphatic carbocycles. The molecule has 114 valence electrons. The Labute approximate surface area is 124 Å². The van der Waals surface area contributed by atoms with Gasteiger partial charge in [-0.05, 0) is 49.6 Å². The first-order valence-electron chi connectivity index (χ1n) is 6.76. The van der Waals surface area contributed by atoms with Crippen LogP contribution in [0.3, 0.4) is 0 Å². The lowest BCUT2D eigenvalue weighted by atomic mass is 10.0. The number of aliphatic carboxylic acids is 1. The maximum atomic E-state index is 12.2. The van der Waals surface area contributed by atoms with Gasteiger partial charge in [-0.3, -0.25) is 4.79 Å². The SMILES string of the molecule is Cc1cc(C(=O)N(C)CCC(C)O)ccc1/C=C/C(=O)O. The molecule has 0 fully saturated rings. The number of rotatable bonds is 6. The fourth-order valence-electron chi connectivity index (χ4n) is 1.86. The summed E-state index contributed by atoms with van der Waals surface area (Å²) in [6.07, 6.45) is 2.66. The van der Waals surface area contributed by atoms with Crippen LogP contribution in [0, 0.1) is 6.92 Å². The molecule has 5 nitrogen and oxygen atoms in total. The molecule has 5 heteroatoms. The smallest absolute Gasteiger partial charge is 0.328 e. The molecule has 1 rings (SSSR count). The second-order valence-electron chi connectivity index (χ2n) is 5.11. The Hall–Kier alpha value is -2.14. The lowest BCUT2D eigenvalue weighted by molar-refractivity contribution is -0.131. The highest BCUT2D eigenvalue weighted by Crippen LogP contribution is 2.14. The molecule has 21 heavy (non-hydrogen) atoms. The van der Waals surface area contributed by atoms with E-state index < -0.39 is 12.1 Å². The van der Waals surface area contributed by atoms with E-state index in [0.717, 1.165) is 17.2 Å². The molecule has 0 aromatic heterocycles. The molecule has 1 atom stereocenters. The quantitative estimate of drug-likeness (QED) is 0.785. The summed E-state index contributed by atoms with van der Waals surface area (Å²) < 4.78 is 0. The first-order valence-corrected chi connectivity index (χ1v) is 6.76. The summed E-state index contributed by atoms with van der Waals surface area (Å²) in [7, 11) is 1.69. The van der Waals surface area contributed by atoms with Crippen LogP contribution < -0.4 is 0 Å². The summed E-state index contributed by atoms with van der Waals surface area (Å²) in [5.74, 6) is -1.13. The van der Waals surface area contributed by atoms with Gasteiger partial charge in [0.1, 0.15) is 0 Å². The first kappa shape index (κ1) is 16.9. The number of nitrogens with zero attached hydrogens (tertiary/aromatic N) is 1. The minimum atomic E-state index is -1.01. The van der Waals surface area contributed by atoms with Gasteiger partial charge in [0, 0.05) is 25.2 Å². The van der Waals surface area contributed by atoms with Gasteiger partial charge in [0.2, 0.25) is 0 Å². The van der Waals surface area contributed by atoms with E-state index in [4.69, 9.17) is 5.11 Å². The number of carbonyl (C=O) groups is 2. The number of aryl methyl sites for hydroxylation is 1. The van der Waals surface area contributed by atoms with E-state index >= 15 is 0 Å². The highest BCUT2D eigenvalue weighted by atomic mass is 16.4. The summed E-state index contributed by atoms with van der Waals surface area (Å²) >= 11 is 0. The third kappa shape index (κ3) is 5.39. The zero-order valence-corrected chi connectivity index (χ0v) is 12.5. The molecule has 1 amide bonds. The summed E-state index contributed by atoms with van der Waals surface area (Å²) in [5, 5.41) is 17.9. The standard InChI is InChI=1S/C16H21NO4/c1-11-10-14(5-4-13(11)6-7-15(19)20)16(21)17(3)9-8-12(2)18/h4-7,10,12,18H,8-9H2,1-3H3,(H,19,20)/b7-6+. The maximum Gasteiger partial charge on any atom is 0.328 e. The third-order valence-electron chi connectivity index (χ3n) is 3.15. The second-order valence-corrected chi connectivity index (χ2v) is 5.11. The Balaban J connectivity index is 2.83. The summed E-state index contributed by atoms with van der Waals surface area (Å²) in [6, 6.07) is 5.14. The van der Waals surface area contributed by atoms with Crippen LogP contribution in [0.5, 0.6) is 0 Å². The van der Waals surface area contributed by atoms with Gasteiger partial charge in [-0.2, -0.15) is 0 Å². The van der Waals surface area contributed by atoms with Crippen LogP contribution in [0.15, 0.2) is 24.3 Å². The minimum absolute atomic E-state index is 0.118. The van der Waals surface area contributed by atoms with Crippen LogP contribution in [0.4, 0.5) is 0 Å². The van der Waals surface area contributed by atoms with E-state index in [1.165, 1.54) is 6.08 Å². The summed E-state index contributed by atoms with van der Waals surface area (Å²) in [6.45, 7) is 4.00. The molecule has 0 heterocycles. The van der Waals surface area contributed by atoms with Crippen LogP contribution in [0.2, 0.25) is 0 Å². The largest absolute Gasteiger partial charge is 0.478 e. The number of carbonyl (C=O) groups excluding carboxylic acids is 1. The molecule has 0 radical (unpaired) electrons. The molecular weight excluding hydrogens is 270 g/mol. The normalized spacial score (nSPS) is 12.4. The summed E-state index contributed by atoms with van der Waals surface area (Å²) in [4.78, 5) is 24.3. The average Bonchev–Trinajstić information content (AvgIpc) is 2.42. The lowest BCUT2D eigenvalue weighted by Crippen LogP contribution is -2.29. The van der Waals surface area contributed by atoms with Crippen molar-refractivity contribution in [3.05, 3.63) is 41.0 Å². The van der Waals surface area contributed by atoms with Crippen LogP contribution in [-0.4, -0.2) is 46.7 Å². The topological polar surface area (TPSA) is 77.8 Å². The van der Waals surface area contributed by atoms with E-state index in [0.29, 0.717) is 18.5 Å². The molecule has 0 aliphatic rings. The minimum Gasteiger partial charge on any atom is -0.478 e. The molecular formula is C16H21NO4. The maximum absolute atomic E-state index is 12.2. The monoisotopic (exact) mass is 291 g/mol. The van der Waals surface area contributed by atoms with Gasteiger partial charge in [-0.15, -0.1) is 0 Å². The lowest BCUT2D eigenvalue weighted by Gasteiger charge is -2.18. The zero-order chi connectivity index (χ0) is 16.0. The van der Waals surface area contributed by atoms with Crippen LogP contribution in [-0.2, 0) is 4.79 Å². The van der Waals surface area contributed by atoms with Crippen molar-refractivity contribution in [1.82, 2.24) is 4.90 Å². The van der Waals surface area contributed by atoms with Crippen molar-refractivity contribution in [2.75, 3.05) is 13.6 Å². The predicted molar refractivity (Wildman–Crippen MR) is 81.1 cm³/mol. The van der Waals surface area contributed by atoms with Crippen molar-refractivity contribution in [3.8, 4) is 0 Å². The number of hydrogen-bond donors (Lipinski definition) is 2.